The van der Waals surface area contributed by atoms with Gasteiger partial charge >= 0.3 is 6.09 Å². The highest BCUT2D eigenvalue weighted by atomic mass is 16.6. The Labute approximate surface area is 268 Å². The van der Waals surface area contributed by atoms with Crippen molar-refractivity contribution in [3.8, 4) is 28.3 Å². The molecule has 46 heavy (non-hydrogen) atoms. The van der Waals surface area contributed by atoms with Gasteiger partial charge in [-0.05, 0) is 72.4 Å². The molecule has 10 nitrogen and oxygen atoms in total. The Balaban J connectivity index is 1.35. The number of benzene rings is 2. The second kappa shape index (κ2) is 11.4. The lowest BCUT2D eigenvalue weighted by Crippen LogP contribution is -2.53. The van der Waals surface area contributed by atoms with E-state index >= 15 is 0 Å². The Bertz CT molecular complexity index is 1910. The molecular weight excluding hydrogens is 578 g/mol. The monoisotopic (exact) mass is 617 g/mol. The average Bonchev–Trinajstić information content (AvgIpc) is 3.41. The van der Waals surface area contributed by atoms with Gasteiger partial charge in [-0.25, -0.2) is 19.7 Å². The second-order valence-corrected chi connectivity index (χ2v) is 13.2. The van der Waals surface area contributed by atoms with Crippen LogP contribution in [-0.2, 0) is 15.1 Å². The molecule has 1 aliphatic carbocycles. The zero-order chi connectivity index (χ0) is 32.1. The minimum Gasteiger partial charge on any atom is -0.438 e. The molecule has 10 heteroatoms. The Morgan fingerprint density at radius 3 is 2.43 bits per heavy atom. The summed E-state index contributed by atoms with van der Waals surface area (Å²) in [7, 11) is 0. The van der Waals surface area contributed by atoms with E-state index in [9.17, 15) is 4.79 Å². The van der Waals surface area contributed by atoms with Crippen molar-refractivity contribution in [2.24, 2.45) is 17.1 Å². The van der Waals surface area contributed by atoms with E-state index in [0.717, 1.165) is 72.9 Å². The molecule has 4 N–H and O–H groups in total. The number of primary amides is 1. The summed E-state index contributed by atoms with van der Waals surface area (Å²) in [6, 6.07) is 24.3. The van der Waals surface area contributed by atoms with E-state index in [1.54, 1.807) is 6.20 Å². The van der Waals surface area contributed by atoms with Crippen LogP contribution in [0.2, 0.25) is 0 Å². The molecule has 236 valence electrons. The van der Waals surface area contributed by atoms with Crippen molar-refractivity contribution in [3.05, 3.63) is 84.6 Å². The standard InChI is InChI=1S/C36H39N7O3/c1-35(2,3)30-15-16-36(30,46-34(38)44)24-9-11-25(12-10-24)43-32(27-8-5-17-39-31(27)37)41-29-14-13-28(40-33(29)43)23-6-4-7-26(22-23)42-18-20-45-21-19-42/h4-14,17,22,30H,15-16,18-21H2,1-3H3,(H2,37,39)(H2,38,44). The van der Waals surface area contributed by atoms with Crippen molar-refractivity contribution >= 4 is 28.8 Å². The van der Waals surface area contributed by atoms with Gasteiger partial charge in [0, 0.05) is 42.1 Å². The largest absolute Gasteiger partial charge is 0.438 e. The number of carbonyl (C=O) groups is 1. The zero-order valence-electron chi connectivity index (χ0n) is 26.4. The first kappa shape index (κ1) is 29.7. The van der Waals surface area contributed by atoms with Crippen LogP contribution in [0.1, 0.15) is 39.2 Å². The summed E-state index contributed by atoms with van der Waals surface area (Å²) in [5.74, 6) is 1.15. The number of nitrogens with zero attached hydrogens (tertiary/aromatic N) is 5. The zero-order valence-corrected chi connectivity index (χ0v) is 26.4. The minimum absolute atomic E-state index is 0.0721. The molecule has 0 radical (unpaired) electrons. The molecule has 1 saturated carbocycles. The molecule has 2 aliphatic rings. The molecule has 4 heterocycles. The summed E-state index contributed by atoms with van der Waals surface area (Å²) in [4.78, 5) is 28.9. The number of rotatable bonds is 6. The predicted octanol–water partition coefficient (Wildman–Crippen LogP) is 6.32. The molecule has 1 saturated heterocycles. The maximum absolute atomic E-state index is 12.1. The third kappa shape index (κ3) is 5.22. The average molecular weight is 618 g/mol. The van der Waals surface area contributed by atoms with Crippen molar-refractivity contribution < 1.29 is 14.3 Å². The number of pyridine rings is 2. The van der Waals surface area contributed by atoms with Crippen molar-refractivity contribution in [1.82, 2.24) is 19.5 Å². The molecule has 1 amide bonds. The number of nitrogen functional groups attached to an aromatic ring is 1. The number of aromatic nitrogens is 4. The molecule has 7 rings (SSSR count). The Morgan fingerprint density at radius 2 is 1.76 bits per heavy atom. The second-order valence-electron chi connectivity index (χ2n) is 13.2. The van der Waals surface area contributed by atoms with E-state index < -0.39 is 11.7 Å². The third-order valence-electron chi connectivity index (χ3n) is 9.41. The Hall–Kier alpha value is -4.96. The molecule has 2 fully saturated rings. The first-order chi connectivity index (χ1) is 22.1. The van der Waals surface area contributed by atoms with Gasteiger partial charge in [0.15, 0.2) is 11.5 Å². The fourth-order valence-corrected chi connectivity index (χ4v) is 7.12. The van der Waals surface area contributed by atoms with Crippen LogP contribution in [0.15, 0.2) is 79.0 Å². The number of imidazole rings is 1. The van der Waals surface area contributed by atoms with Crippen LogP contribution in [0.3, 0.4) is 0 Å². The first-order valence-corrected chi connectivity index (χ1v) is 15.8. The van der Waals surface area contributed by atoms with Crippen LogP contribution in [0.5, 0.6) is 0 Å². The summed E-state index contributed by atoms with van der Waals surface area (Å²) >= 11 is 0. The molecule has 0 spiro atoms. The molecule has 2 atom stereocenters. The minimum atomic E-state index is -0.771. The van der Waals surface area contributed by atoms with Crippen LogP contribution in [0.4, 0.5) is 16.3 Å². The highest BCUT2D eigenvalue weighted by Gasteiger charge is 2.55. The summed E-state index contributed by atoms with van der Waals surface area (Å²) < 4.78 is 13.5. The van der Waals surface area contributed by atoms with Crippen LogP contribution in [0.25, 0.3) is 39.5 Å². The Kier molecular flexibility index (Phi) is 7.39. The smallest absolute Gasteiger partial charge is 0.405 e. The normalized spacial score (nSPS) is 20.0. The van der Waals surface area contributed by atoms with E-state index in [-0.39, 0.29) is 11.3 Å². The number of nitrogens with two attached hydrogens (primary N) is 2. The number of carbonyl (C=O) groups excluding carboxylic acids is 1. The fraction of sp³-hybridized carbons (Fsp3) is 0.333. The quantitative estimate of drug-likeness (QED) is 0.226. The van der Waals surface area contributed by atoms with E-state index in [1.165, 1.54) is 0 Å². The van der Waals surface area contributed by atoms with Gasteiger partial charge in [0.25, 0.3) is 0 Å². The third-order valence-corrected chi connectivity index (χ3v) is 9.41. The summed E-state index contributed by atoms with van der Waals surface area (Å²) in [6.07, 6.45) is 2.58. The highest BCUT2D eigenvalue weighted by Crippen LogP contribution is 2.57. The van der Waals surface area contributed by atoms with Gasteiger partial charge in [0.2, 0.25) is 0 Å². The van der Waals surface area contributed by atoms with Crippen LogP contribution in [0, 0.1) is 11.3 Å². The number of hydrogen-bond acceptors (Lipinski definition) is 8. The maximum atomic E-state index is 12.1. The number of hydrogen-bond donors (Lipinski definition) is 2. The topological polar surface area (TPSA) is 134 Å². The van der Waals surface area contributed by atoms with Crippen molar-refractivity contribution in [3.63, 3.8) is 0 Å². The van der Waals surface area contributed by atoms with Gasteiger partial charge in [-0.15, -0.1) is 0 Å². The van der Waals surface area contributed by atoms with E-state index in [2.05, 4.69) is 54.9 Å². The SMILES string of the molecule is CC(C)(C)C1CCC1(OC(N)=O)c1ccc(-n2c(-c3cccnc3N)nc3ccc(-c4cccc(N5CCOCC5)c4)nc32)cc1. The van der Waals surface area contributed by atoms with Crippen molar-refractivity contribution in [1.29, 1.82) is 0 Å². The molecule has 0 bridgehead atoms. The molecule has 1 aliphatic heterocycles. The maximum Gasteiger partial charge on any atom is 0.405 e. The summed E-state index contributed by atoms with van der Waals surface area (Å²) in [6.45, 7) is 9.68. The molecular formula is C36H39N7O3. The summed E-state index contributed by atoms with van der Waals surface area (Å²) in [5, 5.41) is 0. The van der Waals surface area contributed by atoms with Crippen LogP contribution < -0.4 is 16.4 Å². The fourth-order valence-electron chi connectivity index (χ4n) is 7.12. The number of ether oxygens (including phenoxy) is 2. The number of amides is 1. The lowest BCUT2D eigenvalue weighted by molar-refractivity contribution is -0.144. The number of anilines is 2. The highest BCUT2D eigenvalue weighted by molar-refractivity contribution is 5.85. The van der Waals surface area contributed by atoms with E-state index in [1.807, 2.05) is 53.1 Å². The number of morpholine rings is 1. The lowest BCUT2D eigenvalue weighted by Gasteiger charge is -2.54. The molecule has 3 aromatic heterocycles. The first-order valence-electron chi connectivity index (χ1n) is 15.8. The lowest BCUT2D eigenvalue weighted by atomic mass is 9.56. The Morgan fingerprint density at radius 1 is 0.978 bits per heavy atom. The van der Waals surface area contributed by atoms with E-state index in [4.69, 9.17) is 30.9 Å². The van der Waals surface area contributed by atoms with Crippen molar-refractivity contribution in [2.75, 3.05) is 36.9 Å². The molecule has 5 aromatic rings. The molecule has 2 unspecified atom stereocenters. The number of fused-ring (bicyclic) bond motifs is 1. The van der Waals surface area contributed by atoms with Crippen molar-refractivity contribution in [2.45, 2.75) is 39.2 Å². The predicted molar refractivity (Wildman–Crippen MR) is 180 cm³/mol. The van der Waals surface area contributed by atoms with Gasteiger partial charge < -0.3 is 25.8 Å². The van der Waals surface area contributed by atoms with Gasteiger partial charge in [-0.2, -0.15) is 0 Å². The van der Waals surface area contributed by atoms with Gasteiger partial charge in [0.05, 0.1) is 24.5 Å². The van der Waals surface area contributed by atoms with Gasteiger partial charge in [-0.1, -0.05) is 45.0 Å². The van der Waals surface area contributed by atoms with E-state index in [0.29, 0.717) is 22.9 Å². The van der Waals surface area contributed by atoms with Gasteiger partial charge in [-0.3, -0.25) is 4.57 Å². The van der Waals surface area contributed by atoms with Crippen LogP contribution >= 0.6 is 0 Å². The molecule has 2 aromatic carbocycles. The van der Waals surface area contributed by atoms with Crippen LogP contribution in [-0.4, -0.2) is 51.9 Å². The van der Waals surface area contributed by atoms with Gasteiger partial charge in [0.1, 0.15) is 16.9 Å². The summed E-state index contributed by atoms with van der Waals surface area (Å²) in [5.41, 5.74) is 18.0.